The molecule has 1 saturated heterocycles. The first-order chi connectivity index (χ1) is 13.9. The number of hydrogen-bond acceptors (Lipinski definition) is 4. The van der Waals surface area contributed by atoms with Gasteiger partial charge in [-0.05, 0) is 12.0 Å². The van der Waals surface area contributed by atoms with Crippen LogP contribution in [-0.2, 0) is 10.0 Å². The molecule has 1 heterocycles. The second-order valence-corrected chi connectivity index (χ2v) is 9.17. The number of benzene rings is 1. The summed E-state index contributed by atoms with van der Waals surface area (Å²) >= 11 is 0. The largest absolute Gasteiger partial charge is 0.356 e. The molecular formula is C21H35N5O2S. The number of aliphatic imine (C=N–C) groups is 1. The SMILES string of the molecule is CCN(CCCNC(=NC)N1CCN(C/C=C/c2ccccc2)CC1)S(C)(=O)=O. The summed E-state index contributed by atoms with van der Waals surface area (Å²) in [5.74, 6) is 0.895. The molecule has 29 heavy (non-hydrogen) atoms. The lowest BCUT2D eigenvalue weighted by molar-refractivity contribution is 0.194. The van der Waals surface area contributed by atoms with E-state index in [-0.39, 0.29) is 0 Å². The van der Waals surface area contributed by atoms with E-state index < -0.39 is 10.0 Å². The van der Waals surface area contributed by atoms with Crippen LogP contribution in [0.1, 0.15) is 18.9 Å². The van der Waals surface area contributed by atoms with E-state index in [1.807, 2.05) is 13.0 Å². The Morgan fingerprint density at radius 2 is 1.90 bits per heavy atom. The highest BCUT2D eigenvalue weighted by Gasteiger charge is 2.19. The fourth-order valence-electron chi connectivity index (χ4n) is 3.39. The molecule has 162 valence electrons. The van der Waals surface area contributed by atoms with Crippen molar-refractivity contribution < 1.29 is 8.42 Å². The molecule has 1 aromatic rings. The molecule has 0 saturated carbocycles. The average Bonchev–Trinajstić information content (AvgIpc) is 2.71. The van der Waals surface area contributed by atoms with E-state index in [1.165, 1.54) is 16.1 Å². The highest BCUT2D eigenvalue weighted by molar-refractivity contribution is 7.88. The lowest BCUT2D eigenvalue weighted by atomic mass is 10.2. The van der Waals surface area contributed by atoms with Crippen LogP contribution in [0.4, 0.5) is 0 Å². The first-order valence-corrected chi connectivity index (χ1v) is 12.1. The van der Waals surface area contributed by atoms with Gasteiger partial charge in [-0.2, -0.15) is 0 Å². The van der Waals surface area contributed by atoms with E-state index in [0.717, 1.165) is 45.1 Å². The molecule has 8 heteroatoms. The van der Waals surface area contributed by atoms with Gasteiger partial charge in [0.1, 0.15) is 0 Å². The summed E-state index contributed by atoms with van der Waals surface area (Å²) in [5, 5.41) is 3.37. The van der Waals surface area contributed by atoms with E-state index >= 15 is 0 Å². The number of guanidine groups is 1. The molecule has 0 bridgehead atoms. The molecule has 1 aromatic carbocycles. The lowest BCUT2D eigenvalue weighted by Gasteiger charge is -2.36. The first kappa shape index (κ1) is 23.4. The van der Waals surface area contributed by atoms with Crippen LogP contribution in [-0.4, -0.2) is 94.1 Å². The number of sulfonamides is 1. The summed E-state index contributed by atoms with van der Waals surface area (Å²) in [6.07, 6.45) is 6.41. The zero-order chi connectivity index (χ0) is 21.1. The second kappa shape index (κ2) is 11.9. The third-order valence-electron chi connectivity index (χ3n) is 5.05. The Balaban J connectivity index is 1.69. The Morgan fingerprint density at radius 3 is 2.48 bits per heavy atom. The van der Waals surface area contributed by atoms with Crippen LogP contribution < -0.4 is 5.32 Å². The number of piperazine rings is 1. The van der Waals surface area contributed by atoms with Crippen molar-refractivity contribution in [3.63, 3.8) is 0 Å². The number of rotatable bonds is 9. The van der Waals surface area contributed by atoms with E-state index in [1.54, 1.807) is 7.05 Å². The molecule has 0 unspecified atom stereocenters. The summed E-state index contributed by atoms with van der Waals surface area (Å²) < 4.78 is 24.8. The molecule has 0 spiro atoms. The molecule has 1 aliphatic heterocycles. The van der Waals surface area contributed by atoms with E-state index in [0.29, 0.717) is 19.6 Å². The van der Waals surface area contributed by atoms with Gasteiger partial charge in [-0.15, -0.1) is 0 Å². The van der Waals surface area contributed by atoms with Gasteiger partial charge in [0, 0.05) is 59.4 Å². The van der Waals surface area contributed by atoms with Gasteiger partial charge >= 0.3 is 0 Å². The first-order valence-electron chi connectivity index (χ1n) is 10.3. The summed E-state index contributed by atoms with van der Waals surface area (Å²) in [4.78, 5) is 9.10. The van der Waals surface area contributed by atoms with Crippen molar-refractivity contribution in [1.82, 2.24) is 19.4 Å². The minimum Gasteiger partial charge on any atom is -0.356 e. The van der Waals surface area contributed by atoms with Crippen LogP contribution >= 0.6 is 0 Å². The third-order valence-corrected chi connectivity index (χ3v) is 6.43. The Kier molecular flexibility index (Phi) is 9.63. The van der Waals surface area contributed by atoms with Gasteiger partial charge in [-0.25, -0.2) is 12.7 Å². The summed E-state index contributed by atoms with van der Waals surface area (Å²) in [6, 6.07) is 10.4. The van der Waals surface area contributed by atoms with Crippen LogP contribution in [0.3, 0.4) is 0 Å². The maximum absolute atomic E-state index is 11.6. The predicted molar refractivity (Wildman–Crippen MR) is 122 cm³/mol. The molecule has 0 amide bonds. The topological polar surface area (TPSA) is 68.2 Å². The molecule has 2 rings (SSSR count). The fourth-order valence-corrected chi connectivity index (χ4v) is 4.32. The maximum Gasteiger partial charge on any atom is 0.211 e. The molecule has 0 aromatic heterocycles. The van der Waals surface area contributed by atoms with E-state index in [2.05, 4.69) is 56.5 Å². The molecule has 0 aliphatic carbocycles. The van der Waals surface area contributed by atoms with Crippen LogP contribution in [0, 0.1) is 0 Å². The number of nitrogens with one attached hydrogen (secondary N) is 1. The van der Waals surface area contributed by atoms with Crippen molar-refractivity contribution in [3.8, 4) is 0 Å². The Labute approximate surface area is 176 Å². The van der Waals surface area contributed by atoms with Gasteiger partial charge in [-0.1, -0.05) is 49.4 Å². The van der Waals surface area contributed by atoms with Crippen molar-refractivity contribution in [3.05, 3.63) is 42.0 Å². The quantitative estimate of drug-likeness (QED) is 0.372. The highest BCUT2D eigenvalue weighted by Crippen LogP contribution is 2.05. The predicted octanol–water partition coefficient (Wildman–Crippen LogP) is 1.56. The summed E-state index contributed by atoms with van der Waals surface area (Å²) in [6.45, 7) is 8.42. The minimum atomic E-state index is -3.12. The smallest absolute Gasteiger partial charge is 0.211 e. The molecule has 1 N–H and O–H groups in total. The van der Waals surface area contributed by atoms with Crippen molar-refractivity contribution in [1.29, 1.82) is 0 Å². The van der Waals surface area contributed by atoms with Gasteiger partial charge in [0.05, 0.1) is 6.26 Å². The van der Waals surface area contributed by atoms with E-state index in [4.69, 9.17) is 0 Å². The second-order valence-electron chi connectivity index (χ2n) is 7.18. The van der Waals surface area contributed by atoms with Gasteiger partial charge in [-0.3, -0.25) is 9.89 Å². The zero-order valence-corrected chi connectivity index (χ0v) is 18.7. The van der Waals surface area contributed by atoms with Crippen LogP contribution in [0.5, 0.6) is 0 Å². The number of nitrogens with zero attached hydrogens (tertiary/aromatic N) is 4. The highest BCUT2D eigenvalue weighted by atomic mass is 32.2. The summed E-state index contributed by atoms with van der Waals surface area (Å²) in [5.41, 5.74) is 1.23. The molecular weight excluding hydrogens is 386 g/mol. The van der Waals surface area contributed by atoms with Gasteiger partial charge in [0.2, 0.25) is 10.0 Å². The van der Waals surface area contributed by atoms with Crippen molar-refractivity contribution in [2.24, 2.45) is 4.99 Å². The Morgan fingerprint density at radius 1 is 1.21 bits per heavy atom. The molecule has 1 fully saturated rings. The number of hydrogen-bond donors (Lipinski definition) is 1. The zero-order valence-electron chi connectivity index (χ0n) is 17.9. The average molecular weight is 422 g/mol. The minimum absolute atomic E-state index is 0.508. The van der Waals surface area contributed by atoms with Crippen LogP contribution in [0.25, 0.3) is 6.08 Å². The monoisotopic (exact) mass is 421 g/mol. The van der Waals surface area contributed by atoms with Crippen LogP contribution in [0.15, 0.2) is 41.4 Å². The molecule has 0 radical (unpaired) electrons. The Bertz CT molecular complexity index is 757. The van der Waals surface area contributed by atoms with Crippen molar-refractivity contribution >= 4 is 22.1 Å². The molecule has 1 aliphatic rings. The Hall–Kier alpha value is -1.90. The lowest BCUT2D eigenvalue weighted by Crippen LogP contribution is -2.52. The molecule has 0 atom stereocenters. The molecule has 7 nitrogen and oxygen atoms in total. The summed E-state index contributed by atoms with van der Waals surface area (Å²) in [7, 11) is -1.32. The standard InChI is InChI=1S/C21H35N5O2S/c1-4-26(29(3,27)28)15-9-13-23-21(22-2)25-18-16-24(17-19-25)14-8-12-20-10-6-5-7-11-20/h5-8,10-12H,4,9,13-19H2,1-3H3,(H,22,23)/b12-8+. The van der Waals surface area contributed by atoms with E-state index in [9.17, 15) is 8.42 Å². The van der Waals surface area contributed by atoms with Gasteiger partial charge < -0.3 is 10.2 Å². The normalized spacial score (nSPS) is 16.7. The van der Waals surface area contributed by atoms with Crippen molar-refractivity contribution in [2.45, 2.75) is 13.3 Å². The van der Waals surface area contributed by atoms with Gasteiger partial charge in [0.15, 0.2) is 5.96 Å². The van der Waals surface area contributed by atoms with Crippen molar-refractivity contribution in [2.75, 3.05) is 65.7 Å². The van der Waals surface area contributed by atoms with Crippen LogP contribution in [0.2, 0.25) is 0 Å². The van der Waals surface area contributed by atoms with Gasteiger partial charge in [0.25, 0.3) is 0 Å². The maximum atomic E-state index is 11.6. The fraction of sp³-hybridized carbons (Fsp3) is 0.571. The third kappa shape index (κ3) is 8.16.